The first kappa shape index (κ1) is 14.8. The molecule has 3 atom stereocenters. The lowest BCUT2D eigenvalue weighted by Crippen LogP contribution is -2.49. The number of halogens is 1. The van der Waals surface area contributed by atoms with Gasteiger partial charge in [-0.05, 0) is 24.1 Å². The summed E-state index contributed by atoms with van der Waals surface area (Å²) in [6.45, 7) is 0.870. The summed E-state index contributed by atoms with van der Waals surface area (Å²) in [5, 5.41) is 8.23. The van der Waals surface area contributed by atoms with E-state index in [0.717, 1.165) is 24.3 Å². The number of rotatable bonds is 3. The van der Waals surface area contributed by atoms with Crippen LogP contribution in [-0.2, 0) is 4.79 Å². The van der Waals surface area contributed by atoms with Gasteiger partial charge in [0.25, 0.3) is 0 Å². The summed E-state index contributed by atoms with van der Waals surface area (Å²) in [6, 6.07) is 6.49. The first-order chi connectivity index (χ1) is 10.1. The van der Waals surface area contributed by atoms with E-state index >= 15 is 0 Å². The third-order valence-electron chi connectivity index (χ3n) is 3.75. The Morgan fingerprint density at radius 1 is 1.52 bits per heavy atom. The Kier molecular flexibility index (Phi) is 4.44. The van der Waals surface area contributed by atoms with Crippen molar-refractivity contribution in [2.45, 2.75) is 24.0 Å². The van der Waals surface area contributed by atoms with E-state index in [2.05, 4.69) is 16.1 Å². The van der Waals surface area contributed by atoms with Gasteiger partial charge in [0.05, 0.1) is 0 Å². The minimum Gasteiger partial charge on any atom is -0.330 e. The van der Waals surface area contributed by atoms with Crippen LogP contribution in [0.25, 0.3) is 0 Å². The number of amides is 1. The van der Waals surface area contributed by atoms with Crippen LogP contribution in [0.1, 0.15) is 18.0 Å². The van der Waals surface area contributed by atoms with Crippen molar-refractivity contribution in [2.75, 3.05) is 19.3 Å². The number of carbonyl (C=O) groups excluding carboxylic acids is 1. The molecule has 1 amide bonds. The molecule has 1 aromatic carbocycles. The van der Waals surface area contributed by atoms with Crippen LogP contribution >= 0.6 is 11.8 Å². The van der Waals surface area contributed by atoms with Gasteiger partial charge in [0, 0.05) is 25.4 Å². The Bertz CT molecular complexity index is 529. The lowest BCUT2D eigenvalue weighted by atomic mass is 10.1. The van der Waals surface area contributed by atoms with Gasteiger partial charge < -0.3 is 5.32 Å². The van der Waals surface area contributed by atoms with Crippen LogP contribution in [0.3, 0.4) is 0 Å². The minimum atomic E-state index is -0.232. The van der Waals surface area contributed by atoms with E-state index < -0.39 is 0 Å². The third kappa shape index (κ3) is 3.55. The number of hydrogen-bond donors (Lipinski definition) is 3. The van der Waals surface area contributed by atoms with Crippen LogP contribution in [0.15, 0.2) is 24.3 Å². The number of nitrogens with zero attached hydrogens (tertiary/aromatic N) is 1. The average Bonchev–Trinajstić information content (AvgIpc) is 3.08. The molecule has 114 valence electrons. The highest BCUT2D eigenvalue weighted by Crippen LogP contribution is 2.28. The zero-order valence-electron chi connectivity index (χ0n) is 11.8. The summed E-state index contributed by atoms with van der Waals surface area (Å²) in [6.07, 6.45) is 0.813. The van der Waals surface area contributed by atoms with Gasteiger partial charge >= 0.3 is 0 Å². The van der Waals surface area contributed by atoms with Crippen LogP contribution in [-0.4, -0.2) is 41.8 Å². The van der Waals surface area contributed by atoms with Crippen molar-refractivity contribution in [3.63, 3.8) is 0 Å². The quantitative estimate of drug-likeness (QED) is 0.771. The van der Waals surface area contributed by atoms with E-state index in [-0.39, 0.29) is 29.3 Å². The second-order valence-electron chi connectivity index (χ2n) is 5.39. The lowest BCUT2D eigenvalue weighted by molar-refractivity contribution is -0.123. The zero-order valence-corrected chi connectivity index (χ0v) is 12.6. The molecule has 0 bridgehead atoms. The van der Waals surface area contributed by atoms with Gasteiger partial charge in [-0.1, -0.05) is 12.1 Å². The molecule has 5 nitrogen and oxygen atoms in total. The summed E-state index contributed by atoms with van der Waals surface area (Å²) in [7, 11) is 1.93. The van der Waals surface area contributed by atoms with E-state index in [9.17, 15) is 9.18 Å². The average molecular weight is 310 g/mol. The maximum atomic E-state index is 13.3. The number of hydrazine groups is 1. The molecule has 2 fully saturated rings. The van der Waals surface area contributed by atoms with Crippen LogP contribution in [0.5, 0.6) is 0 Å². The molecule has 0 aromatic heterocycles. The maximum Gasteiger partial charge on any atom is 0.240 e. The van der Waals surface area contributed by atoms with Crippen molar-refractivity contribution < 1.29 is 9.18 Å². The van der Waals surface area contributed by atoms with Gasteiger partial charge in [-0.2, -0.15) is 0 Å². The standard InChI is InChI=1S/C14H19FN4OS/c1-19-6-5-11(18-19)13(20)17-14-16-12(8-21-14)9-3-2-4-10(15)7-9/h2-4,7,11-12,14,16,18H,5-6,8H2,1H3,(H,17,20). The number of nitrogens with one attached hydrogen (secondary N) is 3. The molecule has 3 rings (SSSR count). The highest BCUT2D eigenvalue weighted by molar-refractivity contribution is 8.00. The molecular formula is C14H19FN4OS. The highest BCUT2D eigenvalue weighted by Gasteiger charge is 2.31. The lowest BCUT2D eigenvalue weighted by Gasteiger charge is -2.18. The van der Waals surface area contributed by atoms with Gasteiger partial charge in [0.2, 0.25) is 5.91 Å². The van der Waals surface area contributed by atoms with Crippen molar-refractivity contribution in [1.29, 1.82) is 0 Å². The molecule has 2 aliphatic rings. The van der Waals surface area contributed by atoms with Crippen molar-refractivity contribution in [3.8, 4) is 0 Å². The number of carbonyl (C=O) groups is 1. The molecule has 2 aliphatic heterocycles. The van der Waals surface area contributed by atoms with E-state index in [1.54, 1.807) is 17.8 Å². The molecule has 3 unspecified atom stereocenters. The monoisotopic (exact) mass is 310 g/mol. The number of thioether (sulfide) groups is 1. The Balaban J connectivity index is 1.54. The van der Waals surface area contributed by atoms with Crippen LogP contribution in [0.2, 0.25) is 0 Å². The molecule has 3 N–H and O–H groups in total. The van der Waals surface area contributed by atoms with Gasteiger partial charge in [0.15, 0.2) is 0 Å². The Morgan fingerprint density at radius 3 is 3.10 bits per heavy atom. The largest absolute Gasteiger partial charge is 0.330 e. The van der Waals surface area contributed by atoms with Crippen LogP contribution < -0.4 is 16.1 Å². The molecule has 1 aromatic rings. The number of hydrogen-bond acceptors (Lipinski definition) is 5. The summed E-state index contributed by atoms with van der Waals surface area (Å²) < 4.78 is 13.3. The SMILES string of the molecule is CN1CCC(C(=O)NC2NC(c3cccc(F)c3)CS2)N1. The molecule has 0 saturated carbocycles. The topological polar surface area (TPSA) is 56.4 Å². The van der Waals surface area contributed by atoms with Gasteiger partial charge in [-0.3, -0.25) is 10.1 Å². The van der Waals surface area contributed by atoms with Crippen LogP contribution in [0, 0.1) is 5.82 Å². The molecule has 2 heterocycles. The van der Waals surface area contributed by atoms with Crippen molar-refractivity contribution in [3.05, 3.63) is 35.6 Å². The summed E-state index contributed by atoms with van der Waals surface area (Å²) >= 11 is 1.63. The fourth-order valence-electron chi connectivity index (χ4n) is 2.61. The van der Waals surface area contributed by atoms with E-state index in [0.29, 0.717) is 0 Å². The summed E-state index contributed by atoms with van der Waals surface area (Å²) in [5.74, 6) is 0.584. The molecule has 0 radical (unpaired) electrons. The zero-order chi connectivity index (χ0) is 14.8. The van der Waals surface area contributed by atoms with E-state index in [1.165, 1.54) is 12.1 Å². The maximum absolute atomic E-state index is 13.3. The van der Waals surface area contributed by atoms with Crippen LogP contribution in [0.4, 0.5) is 4.39 Å². The Labute approximate surface area is 127 Å². The van der Waals surface area contributed by atoms with Gasteiger partial charge in [-0.15, -0.1) is 11.8 Å². The molecule has 7 heteroatoms. The van der Waals surface area contributed by atoms with E-state index in [1.807, 2.05) is 18.1 Å². The predicted octanol–water partition coefficient (Wildman–Crippen LogP) is 0.812. The molecule has 21 heavy (non-hydrogen) atoms. The highest BCUT2D eigenvalue weighted by atomic mass is 32.2. The first-order valence-corrected chi connectivity index (χ1v) is 8.07. The second kappa shape index (κ2) is 6.31. The smallest absolute Gasteiger partial charge is 0.240 e. The summed E-state index contributed by atoms with van der Waals surface area (Å²) in [4.78, 5) is 12.1. The molecule has 2 saturated heterocycles. The third-order valence-corrected chi connectivity index (χ3v) is 4.87. The van der Waals surface area contributed by atoms with Crippen molar-refractivity contribution in [1.82, 2.24) is 21.1 Å². The second-order valence-corrected chi connectivity index (χ2v) is 6.53. The normalized spacial score (nSPS) is 29.7. The summed E-state index contributed by atoms with van der Waals surface area (Å²) in [5.41, 5.74) is 3.90. The Hall–Kier alpha value is -1.15. The predicted molar refractivity (Wildman–Crippen MR) is 80.8 cm³/mol. The molecule has 0 aliphatic carbocycles. The number of benzene rings is 1. The Morgan fingerprint density at radius 2 is 2.38 bits per heavy atom. The van der Waals surface area contributed by atoms with E-state index in [4.69, 9.17) is 0 Å². The van der Waals surface area contributed by atoms with Gasteiger partial charge in [-0.25, -0.2) is 14.8 Å². The molecular weight excluding hydrogens is 291 g/mol. The molecule has 0 spiro atoms. The van der Waals surface area contributed by atoms with Crippen molar-refractivity contribution in [2.24, 2.45) is 0 Å². The fourth-order valence-corrected chi connectivity index (χ4v) is 3.74. The van der Waals surface area contributed by atoms with Gasteiger partial charge in [0.1, 0.15) is 17.4 Å². The first-order valence-electron chi connectivity index (χ1n) is 7.02. The van der Waals surface area contributed by atoms with Crippen molar-refractivity contribution >= 4 is 17.7 Å². The fraction of sp³-hybridized carbons (Fsp3) is 0.500. The minimum absolute atomic E-state index is 0.00393.